The summed E-state index contributed by atoms with van der Waals surface area (Å²) in [5, 5.41) is 0. The molecular weight excluding hydrogens is 250 g/mol. The number of hydrogen-bond acceptors (Lipinski definition) is 2. The summed E-state index contributed by atoms with van der Waals surface area (Å²) in [5.41, 5.74) is 9.43. The van der Waals surface area contributed by atoms with Gasteiger partial charge < -0.3 is 10.7 Å². The first-order valence-corrected chi connectivity index (χ1v) is 6.24. The monoisotopic (exact) mass is 263 g/mol. The minimum atomic E-state index is -0.451. The molecule has 0 spiro atoms. The van der Waals surface area contributed by atoms with Crippen molar-refractivity contribution in [3.05, 3.63) is 66.0 Å². The Bertz CT molecular complexity index is 788. The Kier molecular flexibility index (Phi) is 3.05. The minimum absolute atomic E-state index is 0.451. The molecule has 3 aromatic rings. The molecule has 1 amide bonds. The molecule has 0 aliphatic carbocycles. The van der Waals surface area contributed by atoms with E-state index in [0.29, 0.717) is 5.57 Å². The van der Waals surface area contributed by atoms with Gasteiger partial charge in [-0.05, 0) is 29.3 Å². The van der Waals surface area contributed by atoms with Crippen LogP contribution in [0, 0.1) is 0 Å². The van der Waals surface area contributed by atoms with Gasteiger partial charge in [-0.25, -0.2) is 4.98 Å². The molecular formula is C16H13N3O. The van der Waals surface area contributed by atoms with Gasteiger partial charge in [-0.15, -0.1) is 0 Å². The van der Waals surface area contributed by atoms with E-state index in [4.69, 9.17) is 5.73 Å². The Balaban J connectivity index is 2.10. The van der Waals surface area contributed by atoms with Gasteiger partial charge in [0.2, 0.25) is 5.91 Å². The maximum atomic E-state index is 11.7. The Hall–Kier alpha value is -2.88. The van der Waals surface area contributed by atoms with Crippen molar-refractivity contribution >= 4 is 28.6 Å². The van der Waals surface area contributed by atoms with E-state index < -0.39 is 5.91 Å². The van der Waals surface area contributed by atoms with Crippen LogP contribution in [-0.2, 0) is 4.79 Å². The number of carbonyl (C=O) groups excluding carboxylic acids is 1. The summed E-state index contributed by atoms with van der Waals surface area (Å²) in [7, 11) is 0. The first-order valence-electron chi connectivity index (χ1n) is 6.24. The molecule has 4 heteroatoms. The number of amides is 1. The number of H-pyrrole nitrogens is 1. The average molecular weight is 263 g/mol. The van der Waals surface area contributed by atoms with E-state index in [0.717, 1.165) is 22.2 Å². The molecule has 0 unspecified atom stereocenters. The molecule has 98 valence electrons. The third-order valence-corrected chi connectivity index (χ3v) is 3.11. The number of nitrogens with one attached hydrogen (secondary N) is 1. The van der Waals surface area contributed by atoms with Crippen LogP contribution in [-0.4, -0.2) is 15.9 Å². The number of aromatic nitrogens is 2. The van der Waals surface area contributed by atoms with E-state index in [1.807, 2.05) is 48.5 Å². The first kappa shape index (κ1) is 12.2. The Morgan fingerprint density at radius 2 is 1.95 bits per heavy atom. The normalized spacial score (nSPS) is 11.7. The molecule has 0 saturated carbocycles. The number of nitrogens with two attached hydrogens (primary N) is 1. The van der Waals surface area contributed by atoms with Crippen LogP contribution in [0.1, 0.15) is 11.1 Å². The lowest BCUT2D eigenvalue weighted by atomic mass is 10.0. The zero-order valence-electron chi connectivity index (χ0n) is 10.7. The van der Waals surface area contributed by atoms with Crippen LogP contribution in [0.3, 0.4) is 0 Å². The number of fused-ring (bicyclic) bond motifs is 1. The van der Waals surface area contributed by atoms with Crippen molar-refractivity contribution in [1.29, 1.82) is 0 Å². The van der Waals surface area contributed by atoms with Crippen molar-refractivity contribution in [1.82, 2.24) is 9.97 Å². The highest BCUT2D eigenvalue weighted by Crippen LogP contribution is 2.21. The second-order valence-electron chi connectivity index (χ2n) is 4.47. The molecule has 0 atom stereocenters. The second-order valence-corrected chi connectivity index (χ2v) is 4.47. The van der Waals surface area contributed by atoms with Gasteiger partial charge in [0.25, 0.3) is 0 Å². The van der Waals surface area contributed by atoms with Gasteiger partial charge in [0.1, 0.15) is 0 Å². The molecule has 3 rings (SSSR count). The molecule has 20 heavy (non-hydrogen) atoms. The van der Waals surface area contributed by atoms with Crippen LogP contribution in [0.25, 0.3) is 22.7 Å². The molecule has 0 saturated heterocycles. The van der Waals surface area contributed by atoms with E-state index in [9.17, 15) is 4.79 Å². The Morgan fingerprint density at radius 3 is 2.70 bits per heavy atom. The minimum Gasteiger partial charge on any atom is -0.366 e. The predicted octanol–water partition coefficient (Wildman–Crippen LogP) is 2.59. The third kappa shape index (κ3) is 2.31. The standard InChI is InChI=1S/C16H13N3O/c17-16(20)13(8-11-4-2-1-3-5-11)12-6-7-14-15(9-12)19-10-18-14/h1-10H,(H2,17,20)(H,18,19)/b13-8-. The number of aromatic amines is 1. The predicted molar refractivity (Wildman–Crippen MR) is 79.6 cm³/mol. The van der Waals surface area contributed by atoms with Crippen molar-refractivity contribution in [3.63, 3.8) is 0 Å². The topological polar surface area (TPSA) is 71.8 Å². The molecule has 1 heterocycles. The van der Waals surface area contributed by atoms with E-state index in [-0.39, 0.29) is 0 Å². The fraction of sp³-hybridized carbons (Fsp3) is 0. The van der Waals surface area contributed by atoms with Crippen LogP contribution < -0.4 is 5.73 Å². The first-order chi connectivity index (χ1) is 9.74. The smallest absolute Gasteiger partial charge is 0.249 e. The quantitative estimate of drug-likeness (QED) is 0.563. The number of primary amides is 1. The zero-order valence-corrected chi connectivity index (χ0v) is 10.7. The molecule has 2 aromatic carbocycles. The summed E-state index contributed by atoms with van der Waals surface area (Å²) in [6, 6.07) is 15.2. The fourth-order valence-corrected chi connectivity index (χ4v) is 2.12. The summed E-state index contributed by atoms with van der Waals surface area (Å²) in [6.45, 7) is 0. The third-order valence-electron chi connectivity index (χ3n) is 3.11. The van der Waals surface area contributed by atoms with Crippen LogP contribution in [0.5, 0.6) is 0 Å². The lowest BCUT2D eigenvalue weighted by Gasteiger charge is -2.04. The summed E-state index contributed by atoms with van der Waals surface area (Å²) in [6.07, 6.45) is 3.42. The van der Waals surface area contributed by atoms with Crippen LogP contribution in [0.4, 0.5) is 0 Å². The molecule has 0 radical (unpaired) electrons. The van der Waals surface area contributed by atoms with Gasteiger partial charge in [0.05, 0.1) is 17.4 Å². The van der Waals surface area contributed by atoms with E-state index in [1.54, 1.807) is 12.4 Å². The van der Waals surface area contributed by atoms with Crippen molar-refractivity contribution in [2.45, 2.75) is 0 Å². The molecule has 0 aliphatic rings. The summed E-state index contributed by atoms with van der Waals surface area (Å²) >= 11 is 0. The summed E-state index contributed by atoms with van der Waals surface area (Å²) < 4.78 is 0. The van der Waals surface area contributed by atoms with Crippen LogP contribution >= 0.6 is 0 Å². The highest BCUT2D eigenvalue weighted by atomic mass is 16.1. The van der Waals surface area contributed by atoms with Gasteiger partial charge >= 0.3 is 0 Å². The van der Waals surface area contributed by atoms with Crippen molar-refractivity contribution in [3.8, 4) is 0 Å². The summed E-state index contributed by atoms with van der Waals surface area (Å²) in [5.74, 6) is -0.451. The Morgan fingerprint density at radius 1 is 1.15 bits per heavy atom. The van der Waals surface area contributed by atoms with E-state index in [1.165, 1.54) is 0 Å². The lowest BCUT2D eigenvalue weighted by molar-refractivity contribution is -0.112. The molecule has 3 N–H and O–H groups in total. The summed E-state index contributed by atoms with van der Waals surface area (Å²) in [4.78, 5) is 18.9. The second kappa shape index (κ2) is 5.01. The molecule has 4 nitrogen and oxygen atoms in total. The average Bonchev–Trinajstić information content (AvgIpc) is 2.93. The number of benzene rings is 2. The number of carbonyl (C=O) groups is 1. The van der Waals surface area contributed by atoms with E-state index in [2.05, 4.69) is 9.97 Å². The van der Waals surface area contributed by atoms with E-state index >= 15 is 0 Å². The fourth-order valence-electron chi connectivity index (χ4n) is 2.12. The van der Waals surface area contributed by atoms with Gasteiger partial charge in [-0.1, -0.05) is 36.4 Å². The van der Waals surface area contributed by atoms with Gasteiger partial charge in [0, 0.05) is 5.57 Å². The molecule has 1 aromatic heterocycles. The van der Waals surface area contributed by atoms with Crippen molar-refractivity contribution in [2.24, 2.45) is 5.73 Å². The highest BCUT2D eigenvalue weighted by molar-refractivity contribution is 6.23. The number of nitrogens with zero attached hydrogens (tertiary/aromatic N) is 1. The number of rotatable bonds is 3. The lowest BCUT2D eigenvalue weighted by Crippen LogP contribution is -2.12. The zero-order chi connectivity index (χ0) is 13.9. The van der Waals surface area contributed by atoms with Crippen LogP contribution in [0.2, 0.25) is 0 Å². The highest BCUT2D eigenvalue weighted by Gasteiger charge is 2.09. The van der Waals surface area contributed by atoms with Gasteiger partial charge in [-0.3, -0.25) is 4.79 Å². The van der Waals surface area contributed by atoms with Crippen LogP contribution in [0.15, 0.2) is 54.9 Å². The maximum Gasteiger partial charge on any atom is 0.249 e. The molecule has 0 fully saturated rings. The van der Waals surface area contributed by atoms with Gasteiger partial charge in [0.15, 0.2) is 0 Å². The number of imidazole rings is 1. The van der Waals surface area contributed by atoms with Crippen molar-refractivity contribution < 1.29 is 4.79 Å². The maximum absolute atomic E-state index is 11.7. The largest absolute Gasteiger partial charge is 0.366 e. The number of hydrogen-bond donors (Lipinski definition) is 2. The molecule has 0 aliphatic heterocycles. The Labute approximate surface area is 116 Å². The van der Waals surface area contributed by atoms with Gasteiger partial charge in [-0.2, -0.15) is 0 Å². The molecule has 0 bridgehead atoms. The SMILES string of the molecule is NC(=O)/C(=C\c1ccccc1)c1ccc2nc[nH]c2c1. The van der Waals surface area contributed by atoms with Crippen molar-refractivity contribution in [2.75, 3.05) is 0 Å².